The van der Waals surface area contributed by atoms with Crippen LogP contribution < -0.4 is 11.2 Å². The number of carbonyl (C=O) groups is 1. The number of nitrogens with two attached hydrogens (primary N) is 1. The van der Waals surface area contributed by atoms with Gasteiger partial charge in [0.15, 0.2) is 0 Å². The number of rotatable bonds is 2. The van der Waals surface area contributed by atoms with Crippen LogP contribution in [0.4, 0.5) is 5.69 Å². The summed E-state index contributed by atoms with van der Waals surface area (Å²) in [6.45, 7) is 4.00. The molecule has 0 radical (unpaired) electrons. The zero-order valence-corrected chi connectivity index (χ0v) is 9.74. The molecule has 15 heavy (non-hydrogen) atoms. The van der Waals surface area contributed by atoms with Gasteiger partial charge < -0.3 is 5.32 Å². The summed E-state index contributed by atoms with van der Waals surface area (Å²) in [5.41, 5.74) is 1.56. The van der Waals surface area contributed by atoms with Crippen LogP contribution in [0.1, 0.15) is 24.2 Å². The van der Waals surface area contributed by atoms with Crippen molar-refractivity contribution in [2.24, 2.45) is 5.84 Å². The van der Waals surface area contributed by atoms with E-state index in [1.54, 1.807) is 12.1 Å². The number of hydrogen-bond acceptors (Lipinski definition) is 3. The lowest BCUT2D eigenvalue weighted by molar-refractivity contribution is 0.0795. The number of benzene rings is 1. The third-order valence-corrected chi connectivity index (χ3v) is 1.74. The van der Waals surface area contributed by atoms with Crippen LogP contribution in [0.5, 0.6) is 0 Å². The molecular weight excluding hydrogens is 190 g/mol. The van der Waals surface area contributed by atoms with E-state index in [1.807, 2.05) is 33.0 Å². The van der Waals surface area contributed by atoms with Gasteiger partial charge in [0.05, 0.1) is 0 Å². The molecule has 3 N–H and O–H groups in total. The molecular formula is C11H19N3O. The predicted octanol–water partition coefficient (Wildman–Crippen LogP) is 1.70. The summed E-state index contributed by atoms with van der Waals surface area (Å²) in [4.78, 5) is 11.3. The Balaban J connectivity index is 0.000000921. The Kier molecular flexibility index (Phi) is 6.13. The summed E-state index contributed by atoms with van der Waals surface area (Å²) in [5, 5.41) is 4.03. The Morgan fingerprint density at radius 1 is 1.27 bits per heavy atom. The quantitative estimate of drug-likeness (QED) is 0.443. The number of nitrogens with one attached hydrogen (secondary N) is 1. The predicted molar refractivity (Wildman–Crippen MR) is 63.6 cm³/mol. The van der Waals surface area contributed by atoms with Crippen molar-refractivity contribution < 1.29 is 4.79 Å². The van der Waals surface area contributed by atoms with Crippen molar-refractivity contribution in [2.75, 3.05) is 19.4 Å². The van der Waals surface area contributed by atoms with Gasteiger partial charge in [0.2, 0.25) is 0 Å². The molecule has 1 aromatic rings. The number of hydrazine groups is 1. The van der Waals surface area contributed by atoms with Crippen molar-refractivity contribution in [1.29, 1.82) is 0 Å². The molecule has 1 aromatic carbocycles. The van der Waals surface area contributed by atoms with Crippen molar-refractivity contribution in [3.8, 4) is 0 Å². The molecule has 0 bridgehead atoms. The molecule has 4 heteroatoms. The summed E-state index contributed by atoms with van der Waals surface area (Å²) >= 11 is 0. The highest BCUT2D eigenvalue weighted by Gasteiger charge is 2.06. The van der Waals surface area contributed by atoms with E-state index in [4.69, 9.17) is 5.84 Å². The van der Waals surface area contributed by atoms with Gasteiger partial charge in [-0.3, -0.25) is 9.80 Å². The summed E-state index contributed by atoms with van der Waals surface area (Å²) < 4.78 is 0. The van der Waals surface area contributed by atoms with Crippen LogP contribution in [0.2, 0.25) is 0 Å². The zero-order valence-electron chi connectivity index (χ0n) is 9.74. The van der Waals surface area contributed by atoms with Crippen LogP contribution in [0, 0.1) is 0 Å². The summed E-state index contributed by atoms with van der Waals surface area (Å²) in [5.74, 6) is 5.11. The third kappa shape index (κ3) is 3.99. The third-order valence-electron chi connectivity index (χ3n) is 1.74. The van der Waals surface area contributed by atoms with E-state index in [0.29, 0.717) is 5.56 Å². The molecule has 1 rings (SSSR count). The molecule has 1 amide bonds. The van der Waals surface area contributed by atoms with E-state index < -0.39 is 0 Å². The molecule has 0 aromatic heterocycles. The van der Waals surface area contributed by atoms with Gasteiger partial charge in [-0.2, -0.15) is 0 Å². The molecule has 0 saturated heterocycles. The number of carbonyl (C=O) groups excluding carboxylic acids is 1. The van der Waals surface area contributed by atoms with Gasteiger partial charge in [-0.05, 0) is 24.3 Å². The maximum Gasteiger partial charge on any atom is 0.267 e. The monoisotopic (exact) mass is 209 g/mol. The largest absolute Gasteiger partial charge is 0.388 e. The van der Waals surface area contributed by atoms with Crippen LogP contribution in [0.15, 0.2) is 24.3 Å². The van der Waals surface area contributed by atoms with E-state index in [2.05, 4.69) is 5.32 Å². The fourth-order valence-electron chi connectivity index (χ4n) is 0.983. The Labute approximate surface area is 91.0 Å². The first kappa shape index (κ1) is 13.4. The highest BCUT2D eigenvalue weighted by atomic mass is 16.2. The highest BCUT2D eigenvalue weighted by Crippen LogP contribution is 2.09. The molecule has 0 aliphatic carbocycles. The number of anilines is 1. The standard InChI is InChI=1S/C9H13N3O.C2H6/c1-11-8-5-3-7(4-6-8)9(13)12(2)10;1-2/h3-6,11H,10H2,1-2H3;1-2H3. The van der Waals surface area contributed by atoms with Crippen LogP contribution in [0.3, 0.4) is 0 Å². The Morgan fingerprint density at radius 3 is 2.07 bits per heavy atom. The molecule has 0 heterocycles. The smallest absolute Gasteiger partial charge is 0.267 e. The van der Waals surface area contributed by atoms with Gasteiger partial charge in [-0.15, -0.1) is 0 Å². The molecule has 0 aliphatic heterocycles. The molecule has 0 saturated carbocycles. The van der Waals surface area contributed by atoms with Crippen molar-refractivity contribution in [1.82, 2.24) is 5.01 Å². The second-order valence-electron chi connectivity index (χ2n) is 2.74. The lowest BCUT2D eigenvalue weighted by Crippen LogP contribution is -2.32. The summed E-state index contributed by atoms with van der Waals surface area (Å²) in [6, 6.07) is 7.13. The van der Waals surface area contributed by atoms with Gasteiger partial charge in [0, 0.05) is 25.3 Å². The maximum absolute atomic E-state index is 11.3. The molecule has 0 spiro atoms. The van der Waals surface area contributed by atoms with Crippen LogP contribution in [-0.2, 0) is 0 Å². The molecule has 84 valence electrons. The van der Waals surface area contributed by atoms with Gasteiger partial charge >= 0.3 is 0 Å². The molecule has 4 nitrogen and oxygen atoms in total. The van der Waals surface area contributed by atoms with Gasteiger partial charge in [0.25, 0.3) is 5.91 Å². The van der Waals surface area contributed by atoms with E-state index >= 15 is 0 Å². The maximum atomic E-state index is 11.3. The normalized spacial score (nSPS) is 8.60. The topological polar surface area (TPSA) is 58.4 Å². The minimum atomic E-state index is -0.192. The van der Waals surface area contributed by atoms with E-state index in [-0.39, 0.29) is 5.91 Å². The van der Waals surface area contributed by atoms with E-state index in [0.717, 1.165) is 10.7 Å². The number of amides is 1. The van der Waals surface area contributed by atoms with Gasteiger partial charge in [0.1, 0.15) is 0 Å². The van der Waals surface area contributed by atoms with Crippen molar-refractivity contribution in [3.05, 3.63) is 29.8 Å². The van der Waals surface area contributed by atoms with Crippen molar-refractivity contribution in [3.63, 3.8) is 0 Å². The molecule has 0 aliphatic rings. The molecule has 0 unspecified atom stereocenters. The Morgan fingerprint density at radius 2 is 1.73 bits per heavy atom. The molecule has 0 fully saturated rings. The second kappa shape index (κ2) is 6.84. The van der Waals surface area contributed by atoms with Crippen LogP contribution in [-0.4, -0.2) is 25.0 Å². The lowest BCUT2D eigenvalue weighted by atomic mass is 10.2. The first-order chi connectivity index (χ1) is 7.15. The summed E-state index contributed by atoms with van der Waals surface area (Å²) in [7, 11) is 3.35. The average Bonchev–Trinajstić information content (AvgIpc) is 2.31. The minimum absolute atomic E-state index is 0.192. The number of hydrogen-bond donors (Lipinski definition) is 2. The van der Waals surface area contributed by atoms with Crippen LogP contribution in [0.25, 0.3) is 0 Å². The average molecular weight is 209 g/mol. The van der Waals surface area contributed by atoms with Gasteiger partial charge in [-0.1, -0.05) is 13.8 Å². The van der Waals surface area contributed by atoms with Crippen LogP contribution >= 0.6 is 0 Å². The van der Waals surface area contributed by atoms with Gasteiger partial charge in [-0.25, -0.2) is 5.84 Å². The minimum Gasteiger partial charge on any atom is -0.388 e. The van der Waals surface area contributed by atoms with Crippen molar-refractivity contribution >= 4 is 11.6 Å². The molecule has 0 atom stereocenters. The second-order valence-corrected chi connectivity index (χ2v) is 2.74. The summed E-state index contributed by atoms with van der Waals surface area (Å²) in [6.07, 6.45) is 0. The number of nitrogens with zero attached hydrogens (tertiary/aromatic N) is 1. The zero-order chi connectivity index (χ0) is 11.8. The highest BCUT2D eigenvalue weighted by molar-refractivity contribution is 5.93. The van der Waals surface area contributed by atoms with E-state index in [9.17, 15) is 4.79 Å². The fraction of sp³-hybridized carbons (Fsp3) is 0.364. The van der Waals surface area contributed by atoms with Crippen molar-refractivity contribution in [2.45, 2.75) is 13.8 Å². The first-order valence-corrected chi connectivity index (χ1v) is 4.95. The van der Waals surface area contributed by atoms with E-state index in [1.165, 1.54) is 7.05 Å². The Hall–Kier alpha value is -1.55. The fourth-order valence-corrected chi connectivity index (χ4v) is 0.983. The lowest BCUT2D eigenvalue weighted by Gasteiger charge is -2.09. The Bertz CT molecular complexity index is 293. The SMILES string of the molecule is CC.CNc1ccc(C(=O)N(C)N)cc1. The first-order valence-electron chi connectivity index (χ1n) is 4.95.